The molecule has 116 valence electrons. The predicted molar refractivity (Wildman–Crippen MR) is 79.1 cm³/mol. The van der Waals surface area contributed by atoms with Crippen molar-refractivity contribution in [3.05, 3.63) is 53.5 Å². The SMILES string of the molecule is Cc1coc(CC(=O)O)c1C(=O)NCCOc1ccccc1. The Morgan fingerprint density at radius 2 is 2.00 bits per heavy atom. The third kappa shape index (κ3) is 4.12. The lowest BCUT2D eigenvalue weighted by Gasteiger charge is -2.08. The van der Waals surface area contributed by atoms with E-state index in [2.05, 4.69) is 5.32 Å². The predicted octanol–water partition coefficient (Wildman–Crippen LogP) is 2.02. The zero-order chi connectivity index (χ0) is 15.9. The fourth-order valence-electron chi connectivity index (χ4n) is 2.01. The number of para-hydroxylation sites is 1. The van der Waals surface area contributed by atoms with Gasteiger partial charge in [-0.2, -0.15) is 0 Å². The highest BCUT2D eigenvalue weighted by atomic mass is 16.5. The summed E-state index contributed by atoms with van der Waals surface area (Å²) >= 11 is 0. The number of aryl methyl sites for hydroxylation is 1. The van der Waals surface area contributed by atoms with Crippen molar-refractivity contribution in [2.24, 2.45) is 0 Å². The van der Waals surface area contributed by atoms with Crippen molar-refractivity contribution < 1.29 is 23.8 Å². The number of hydrogen-bond acceptors (Lipinski definition) is 4. The second-order valence-electron chi connectivity index (χ2n) is 4.70. The van der Waals surface area contributed by atoms with E-state index in [-0.39, 0.29) is 23.7 Å². The molecule has 0 saturated heterocycles. The lowest BCUT2D eigenvalue weighted by Crippen LogP contribution is -2.29. The fraction of sp³-hybridized carbons (Fsp3) is 0.250. The zero-order valence-electron chi connectivity index (χ0n) is 12.2. The van der Waals surface area contributed by atoms with Crippen LogP contribution in [0.1, 0.15) is 21.7 Å². The van der Waals surface area contributed by atoms with Crippen molar-refractivity contribution in [3.8, 4) is 5.75 Å². The van der Waals surface area contributed by atoms with Gasteiger partial charge in [-0.05, 0) is 19.1 Å². The maximum absolute atomic E-state index is 12.1. The topological polar surface area (TPSA) is 88.8 Å². The number of furan rings is 1. The van der Waals surface area contributed by atoms with Crippen molar-refractivity contribution in [2.45, 2.75) is 13.3 Å². The number of hydrogen-bond donors (Lipinski definition) is 2. The smallest absolute Gasteiger partial charge is 0.311 e. The van der Waals surface area contributed by atoms with Gasteiger partial charge >= 0.3 is 5.97 Å². The highest BCUT2D eigenvalue weighted by molar-refractivity contribution is 5.97. The van der Waals surface area contributed by atoms with Gasteiger partial charge in [0.2, 0.25) is 0 Å². The highest BCUT2D eigenvalue weighted by Gasteiger charge is 2.20. The summed E-state index contributed by atoms with van der Waals surface area (Å²) in [5.41, 5.74) is 0.889. The number of nitrogens with one attached hydrogen (secondary N) is 1. The molecule has 1 aromatic heterocycles. The minimum Gasteiger partial charge on any atom is -0.492 e. The Labute approximate surface area is 127 Å². The highest BCUT2D eigenvalue weighted by Crippen LogP contribution is 2.17. The van der Waals surface area contributed by atoms with E-state index in [0.717, 1.165) is 5.75 Å². The first-order valence-corrected chi connectivity index (χ1v) is 6.82. The van der Waals surface area contributed by atoms with Crippen LogP contribution in [0.3, 0.4) is 0 Å². The van der Waals surface area contributed by atoms with Crippen molar-refractivity contribution >= 4 is 11.9 Å². The number of aliphatic carboxylic acids is 1. The number of ether oxygens (including phenoxy) is 1. The molecule has 0 saturated carbocycles. The fourth-order valence-corrected chi connectivity index (χ4v) is 2.01. The van der Waals surface area contributed by atoms with Crippen molar-refractivity contribution in [3.63, 3.8) is 0 Å². The summed E-state index contributed by atoms with van der Waals surface area (Å²) in [5, 5.41) is 11.5. The maximum atomic E-state index is 12.1. The minimum absolute atomic E-state index is 0.159. The Bertz CT molecular complexity index is 648. The van der Waals surface area contributed by atoms with Crippen LogP contribution in [0.4, 0.5) is 0 Å². The van der Waals surface area contributed by atoms with Crippen molar-refractivity contribution in [1.82, 2.24) is 5.32 Å². The normalized spacial score (nSPS) is 10.2. The Balaban J connectivity index is 1.87. The van der Waals surface area contributed by atoms with E-state index >= 15 is 0 Å². The van der Waals surface area contributed by atoms with Crippen molar-refractivity contribution in [1.29, 1.82) is 0 Å². The van der Waals surface area contributed by atoms with Gasteiger partial charge in [0, 0.05) is 5.56 Å². The first kappa shape index (κ1) is 15.6. The zero-order valence-corrected chi connectivity index (χ0v) is 12.2. The van der Waals surface area contributed by atoms with Crippen LogP contribution in [0.15, 0.2) is 41.0 Å². The molecule has 2 aromatic rings. The van der Waals surface area contributed by atoms with Crippen LogP contribution in [-0.2, 0) is 11.2 Å². The summed E-state index contributed by atoms with van der Waals surface area (Å²) in [6.45, 7) is 2.33. The number of benzene rings is 1. The van der Waals surface area contributed by atoms with Crippen molar-refractivity contribution in [2.75, 3.05) is 13.2 Å². The lowest BCUT2D eigenvalue weighted by atomic mass is 10.1. The Kier molecular flexibility index (Phi) is 5.19. The van der Waals surface area contributed by atoms with Crippen LogP contribution in [0.25, 0.3) is 0 Å². The van der Waals surface area contributed by atoms with E-state index in [0.29, 0.717) is 18.7 Å². The third-order valence-electron chi connectivity index (χ3n) is 2.99. The molecule has 2 rings (SSSR count). The van der Waals surface area contributed by atoms with E-state index in [1.807, 2.05) is 30.3 Å². The number of carbonyl (C=O) groups excluding carboxylic acids is 1. The number of carbonyl (C=O) groups is 2. The quantitative estimate of drug-likeness (QED) is 0.764. The van der Waals surface area contributed by atoms with Crippen LogP contribution in [0.2, 0.25) is 0 Å². The van der Waals surface area contributed by atoms with Crippen LogP contribution in [-0.4, -0.2) is 30.1 Å². The third-order valence-corrected chi connectivity index (χ3v) is 2.99. The summed E-state index contributed by atoms with van der Waals surface area (Å²) in [4.78, 5) is 22.9. The van der Waals surface area contributed by atoms with E-state index < -0.39 is 5.97 Å². The first-order chi connectivity index (χ1) is 10.6. The second kappa shape index (κ2) is 7.31. The molecule has 0 radical (unpaired) electrons. The van der Waals surface area contributed by atoms with Gasteiger partial charge in [0.25, 0.3) is 5.91 Å². The molecule has 0 aliphatic carbocycles. The van der Waals surface area contributed by atoms with Crippen LogP contribution in [0.5, 0.6) is 5.75 Å². The number of amides is 1. The summed E-state index contributed by atoms with van der Waals surface area (Å²) in [6.07, 6.45) is 1.06. The average molecular weight is 303 g/mol. The summed E-state index contributed by atoms with van der Waals surface area (Å²) in [6, 6.07) is 9.27. The van der Waals surface area contributed by atoms with Gasteiger partial charge in [-0.15, -0.1) is 0 Å². The Morgan fingerprint density at radius 1 is 1.27 bits per heavy atom. The number of carboxylic acids is 1. The molecule has 0 unspecified atom stereocenters. The van der Waals surface area contributed by atoms with E-state index in [9.17, 15) is 9.59 Å². The molecule has 6 nitrogen and oxygen atoms in total. The molecule has 0 aliphatic heterocycles. The summed E-state index contributed by atoms with van der Waals surface area (Å²) in [5.74, 6) is -0.524. The first-order valence-electron chi connectivity index (χ1n) is 6.82. The van der Waals surface area contributed by atoms with E-state index in [1.165, 1.54) is 6.26 Å². The molecule has 22 heavy (non-hydrogen) atoms. The molecule has 2 N–H and O–H groups in total. The van der Waals surface area contributed by atoms with Crippen LogP contribution in [0, 0.1) is 6.92 Å². The van der Waals surface area contributed by atoms with Gasteiger partial charge in [-0.3, -0.25) is 9.59 Å². The molecular weight excluding hydrogens is 286 g/mol. The standard InChI is InChI=1S/C16H17NO5/c1-11-10-22-13(9-14(18)19)15(11)16(20)17-7-8-21-12-5-3-2-4-6-12/h2-6,10H,7-9H2,1H3,(H,17,20)(H,18,19). The molecule has 0 atom stereocenters. The molecule has 1 heterocycles. The minimum atomic E-state index is -1.05. The van der Waals surface area contributed by atoms with Gasteiger partial charge in [0.15, 0.2) is 0 Å². The summed E-state index contributed by atoms with van der Waals surface area (Å²) in [7, 11) is 0. The molecular formula is C16H17NO5. The van der Waals surface area contributed by atoms with Gasteiger partial charge in [0.05, 0.1) is 18.4 Å². The number of carboxylic acid groups (broad SMARTS) is 1. The van der Waals surface area contributed by atoms with E-state index in [1.54, 1.807) is 6.92 Å². The molecule has 1 amide bonds. The number of rotatable bonds is 7. The lowest BCUT2D eigenvalue weighted by molar-refractivity contribution is -0.136. The monoisotopic (exact) mass is 303 g/mol. The molecule has 0 fully saturated rings. The van der Waals surface area contributed by atoms with Crippen LogP contribution < -0.4 is 10.1 Å². The van der Waals surface area contributed by atoms with Crippen LogP contribution >= 0.6 is 0 Å². The second-order valence-corrected chi connectivity index (χ2v) is 4.70. The van der Waals surface area contributed by atoms with Gasteiger partial charge in [-0.1, -0.05) is 18.2 Å². The Hall–Kier alpha value is -2.76. The van der Waals surface area contributed by atoms with E-state index in [4.69, 9.17) is 14.3 Å². The van der Waals surface area contributed by atoms with Gasteiger partial charge in [-0.25, -0.2) is 0 Å². The molecule has 6 heteroatoms. The maximum Gasteiger partial charge on any atom is 0.311 e. The van der Waals surface area contributed by atoms with Gasteiger partial charge in [0.1, 0.15) is 24.5 Å². The summed E-state index contributed by atoms with van der Waals surface area (Å²) < 4.78 is 10.6. The van der Waals surface area contributed by atoms with Gasteiger partial charge < -0.3 is 19.6 Å². The molecule has 0 aliphatic rings. The largest absolute Gasteiger partial charge is 0.492 e. The Morgan fingerprint density at radius 3 is 2.68 bits per heavy atom. The molecule has 0 spiro atoms. The molecule has 0 bridgehead atoms. The molecule has 1 aromatic carbocycles. The average Bonchev–Trinajstić information content (AvgIpc) is 2.84.